The number of nitrogens with one attached hydrogen (secondary N) is 3. The molecule has 4 amide bonds. The van der Waals surface area contributed by atoms with E-state index in [2.05, 4.69) is 33.6 Å². The van der Waals surface area contributed by atoms with E-state index in [4.69, 9.17) is 22.9 Å². The number of aliphatic imine (C=N–C) groups is 1. The number of nitrogens with two attached hydrogens (primary N) is 4. The van der Waals surface area contributed by atoms with Gasteiger partial charge in [0.25, 0.3) is 0 Å². The average molecular weight is 507 g/mol. The van der Waals surface area contributed by atoms with Crippen molar-refractivity contribution in [2.24, 2.45) is 27.9 Å². The Labute approximate surface area is 201 Å². The van der Waals surface area contributed by atoms with Crippen LogP contribution in [0, 0.1) is 0 Å². The summed E-state index contributed by atoms with van der Waals surface area (Å²) in [6.45, 7) is 1.49. The molecule has 13 N–H and O–H groups in total. The Hall–Kier alpha value is -3.11. The van der Waals surface area contributed by atoms with Gasteiger partial charge in [-0.05, 0) is 26.2 Å². The Kier molecular flexibility index (Phi) is 14.2. The fourth-order valence-electron chi connectivity index (χ4n) is 2.59. The van der Waals surface area contributed by atoms with Crippen LogP contribution in [0.1, 0.15) is 32.6 Å². The van der Waals surface area contributed by atoms with E-state index < -0.39 is 59.9 Å². The van der Waals surface area contributed by atoms with Gasteiger partial charge in [-0.15, -0.1) is 0 Å². The minimum Gasteiger partial charge on any atom is -0.480 e. The SMILES string of the molecule is CC(O)C(NC(=O)C(N)CCCN=C(N)N)C(=O)NC(CS)C(=O)NC(CCC(N)=O)C(=O)O. The molecule has 0 aliphatic heterocycles. The van der Waals surface area contributed by atoms with Crippen LogP contribution in [0.2, 0.25) is 0 Å². The number of hydrogen-bond acceptors (Lipinski definition) is 9. The minimum absolute atomic E-state index is 0.103. The van der Waals surface area contributed by atoms with Crippen LogP contribution in [-0.2, 0) is 24.0 Å². The number of primary amides is 1. The molecular weight excluding hydrogens is 472 g/mol. The molecule has 15 nitrogen and oxygen atoms in total. The smallest absolute Gasteiger partial charge is 0.326 e. The monoisotopic (exact) mass is 506 g/mol. The molecule has 0 aromatic heterocycles. The normalized spacial score (nSPS) is 15.1. The van der Waals surface area contributed by atoms with E-state index in [-0.39, 0.29) is 37.5 Å². The van der Waals surface area contributed by atoms with Gasteiger partial charge >= 0.3 is 5.97 Å². The zero-order chi connectivity index (χ0) is 26.4. The molecule has 0 aromatic carbocycles. The molecule has 0 fully saturated rings. The summed E-state index contributed by atoms with van der Waals surface area (Å²) in [6, 6.07) is -5.22. The Balaban J connectivity index is 5.07. The summed E-state index contributed by atoms with van der Waals surface area (Å²) in [7, 11) is 0. The molecule has 0 bridgehead atoms. The number of amides is 4. The third kappa shape index (κ3) is 12.2. The number of aliphatic hydroxyl groups excluding tert-OH is 1. The van der Waals surface area contributed by atoms with E-state index in [0.29, 0.717) is 6.42 Å². The fourth-order valence-corrected chi connectivity index (χ4v) is 2.84. The van der Waals surface area contributed by atoms with Crippen molar-refractivity contribution in [1.82, 2.24) is 16.0 Å². The van der Waals surface area contributed by atoms with E-state index in [0.717, 1.165) is 0 Å². The van der Waals surface area contributed by atoms with Crippen molar-refractivity contribution in [2.45, 2.75) is 62.9 Å². The minimum atomic E-state index is -1.46. The van der Waals surface area contributed by atoms with Gasteiger partial charge in [-0.2, -0.15) is 12.6 Å². The standard InChI is InChI=1S/C18H34N8O7S/c1-8(27)13(26-14(29)9(19)3-2-6-23-18(21)22)16(31)25-11(7-34)15(30)24-10(17(32)33)4-5-12(20)28/h8-11,13,27,34H,2-7,19H2,1H3,(H2,20,28)(H,24,30)(H,25,31)(H,26,29)(H,32,33)(H4,21,22,23). The van der Waals surface area contributed by atoms with Gasteiger partial charge in [0.2, 0.25) is 23.6 Å². The second kappa shape index (κ2) is 15.7. The summed E-state index contributed by atoms with van der Waals surface area (Å²) in [6.07, 6.45) is -1.31. The molecule has 194 valence electrons. The van der Waals surface area contributed by atoms with Gasteiger partial charge in [0, 0.05) is 18.7 Å². The first-order valence-corrected chi connectivity index (χ1v) is 11.0. The molecule has 0 aromatic rings. The molecule has 16 heteroatoms. The number of thiol groups is 1. The third-order valence-corrected chi connectivity index (χ3v) is 4.84. The topological polar surface area (TPSA) is 278 Å². The van der Waals surface area contributed by atoms with Gasteiger partial charge in [-0.3, -0.25) is 24.2 Å². The number of aliphatic carboxylic acids is 1. The molecule has 0 saturated carbocycles. The lowest BCUT2D eigenvalue weighted by Crippen LogP contribution is -2.60. The number of hydrogen-bond donors (Lipinski definition) is 10. The second-order valence-electron chi connectivity index (χ2n) is 7.43. The number of aliphatic hydroxyl groups is 1. The van der Waals surface area contributed by atoms with Crippen LogP contribution in [-0.4, -0.2) is 88.3 Å². The quantitative estimate of drug-likeness (QED) is 0.0414. The summed E-state index contributed by atoms with van der Waals surface area (Å²) in [4.78, 5) is 63.3. The van der Waals surface area contributed by atoms with Gasteiger partial charge in [-0.1, -0.05) is 0 Å². The molecule has 0 rings (SSSR count). The van der Waals surface area contributed by atoms with Crippen molar-refractivity contribution in [2.75, 3.05) is 12.3 Å². The summed E-state index contributed by atoms with van der Waals surface area (Å²) in [5.41, 5.74) is 21.2. The molecule has 0 aliphatic rings. The third-order valence-electron chi connectivity index (χ3n) is 4.48. The van der Waals surface area contributed by atoms with Crippen LogP contribution in [0.15, 0.2) is 4.99 Å². The molecule has 34 heavy (non-hydrogen) atoms. The molecule has 0 spiro atoms. The first-order valence-electron chi connectivity index (χ1n) is 10.3. The molecule has 5 unspecified atom stereocenters. The maximum atomic E-state index is 12.6. The fraction of sp³-hybridized carbons (Fsp3) is 0.667. The van der Waals surface area contributed by atoms with E-state index in [1.807, 2.05) is 0 Å². The van der Waals surface area contributed by atoms with Crippen molar-refractivity contribution in [1.29, 1.82) is 0 Å². The largest absolute Gasteiger partial charge is 0.480 e. The van der Waals surface area contributed by atoms with E-state index in [1.54, 1.807) is 0 Å². The summed E-state index contributed by atoms with van der Waals surface area (Å²) >= 11 is 3.98. The van der Waals surface area contributed by atoms with Crippen molar-refractivity contribution >= 4 is 48.2 Å². The summed E-state index contributed by atoms with van der Waals surface area (Å²) in [5, 5.41) is 25.9. The van der Waals surface area contributed by atoms with Crippen LogP contribution in [0.5, 0.6) is 0 Å². The van der Waals surface area contributed by atoms with Crippen molar-refractivity contribution in [3.8, 4) is 0 Å². The molecule has 0 aliphatic carbocycles. The molecule has 0 saturated heterocycles. The number of guanidine groups is 1. The van der Waals surface area contributed by atoms with E-state index in [9.17, 15) is 34.2 Å². The van der Waals surface area contributed by atoms with Crippen LogP contribution < -0.4 is 38.9 Å². The highest BCUT2D eigenvalue weighted by molar-refractivity contribution is 7.80. The van der Waals surface area contributed by atoms with Crippen LogP contribution in [0.4, 0.5) is 0 Å². The lowest BCUT2D eigenvalue weighted by Gasteiger charge is -2.25. The van der Waals surface area contributed by atoms with E-state index in [1.165, 1.54) is 6.92 Å². The van der Waals surface area contributed by atoms with Gasteiger partial charge in [0.1, 0.15) is 18.1 Å². The Bertz CT molecular complexity index is 761. The Morgan fingerprint density at radius 1 is 0.941 bits per heavy atom. The Morgan fingerprint density at radius 2 is 1.53 bits per heavy atom. The maximum Gasteiger partial charge on any atom is 0.326 e. The predicted octanol–water partition coefficient (Wildman–Crippen LogP) is -4.52. The van der Waals surface area contributed by atoms with Gasteiger partial charge in [0.05, 0.1) is 12.1 Å². The van der Waals surface area contributed by atoms with Crippen molar-refractivity contribution in [3.05, 3.63) is 0 Å². The highest BCUT2D eigenvalue weighted by Gasteiger charge is 2.32. The maximum absolute atomic E-state index is 12.6. The highest BCUT2D eigenvalue weighted by atomic mass is 32.1. The van der Waals surface area contributed by atoms with Crippen LogP contribution in [0.3, 0.4) is 0 Å². The number of carboxylic acids is 1. The number of carboxylic acid groups (broad SMARTS) is 1. The van der Waals surface area contributed by atoms with Crippen molar-refractivity contribution in [3.63, 3.8) is 0 Å². The predicted molar refractivity (Wildman–Crippen MR) is 125 cm³/mol. The summed E-state index contributed by atoms with van der Waals surface area (Å²) in [5.74, 6) is -5.03. The second-order valence-corrected chi connectivity index (χ2v) is 7.80. The molecule has 0 heterocycles. The number of rotatable bonds is 16. The zero-order valence-corrected chi connectivity index (χ0v) is 19.7. The molecular formula is C18H34N8O7S. The van der Waals surface area contributed by atoms with Gasteiger partial charge < -0.3 is 49.1 Å². The lowest BCUT2D eigenvalue weighted by atomic mass is 10.1. The molecule has 5 atom stereocenters. The van der Waals surface area contributed by atoms with Gasteiger partial charge in [-0.25, -0.2) is 4.79 Å². The number of nitrogens with zero attached hydrogens (tertiary/aromatic N) is 1. The van der Waals surface area contributed by atoms with Gasteiger partial charge in [0.15, 0.2) is 5.96 Å². The molecule has 0 radical (unpaired) electrons. The summed E-state index contributed by atoms with van der Waals surface area (Å²) < 4.78 is 0. The van der Waals surface area contributed by atoms with Crippen LogP contribution >= 0.6 is 12.6 Å². The van der Waals surface area contributed by atoms with Crippen LogP contribution in [0.25, 0.3) is 0 Å². The first-order chi connectivity index (χ1) is 15.8. The number of carbonyl (C=O) groups is 5. The average Bonchev–Trinajstić information content (AvgIpc) is 2.74. The zero-order valence-electron chi connectivity index (χ0n) is 18.8. The Morgan fingerprint density at radius 3 is 2.00 bits per heavy atom. The first kappa shape index (κ1) is 30.9. The van der Waals surface area contributed by atoms with Crippen molar-refractivity contribution < 1.29 is 34.2 Å². The number of carbonyl (C=O) groups excluding carboxylic acids is 4. The lowest BCUT2D eigenvalue weighted by molar-refractivity contribution is -0.142. The van der Waals surface area contributed by atoms with E-state index >= 15 is 0 Å². The highest BCUT2D eigenvalue weighted by Crippen LogP contribution is 2.02.